The predicted octanol–water partition coefficient (Wildman–Crippen LogP) is 2.72. The Kier molecular flexibility index (Phi) is 4.68. The maximum atomic E-state index is 12.3. The molecule has 1 fully saturated rings. The minimum absolute atomic E-state index is 0.0775. The number of piperidine rings is 1. The van der Waals surface area contributed by atoms with Crippen molar-refractivity contribution < 1.29 is 4.79 Å². The Bertz CT molecular complexity index is 436. The Morgan fingerprint density at radius 2 is 2.11 bits per heavy atom. The minimum Gasteiger partial charge on any atom is -0.356 e. The molecule has 106 valence electrons. The van der Waals surface area contributed by atoms with Gasteiger partial charge in [0.1, 0.15) is 5.69 Å². The molecular weight excluding hydrogens is 306 g/mol. The molecule has 0 radical (unpaired) electrons. The molecule has 1 aliphatic rings. The maximum absolute atomic E-state index is 12.3. The highest BCUT2D eigenvalue weighted by Crippen LogP contribution is 2.19. The summed E-state index contributed by atoms with van der Waals surface area (Å²) in [5.74, 6) is 0.0775. The highest BCUT2D eigenvalue weighted by atomic mass is 79.9. The number of likely N-dealkylation sites (tertiary alicyclic amines) is 1. The second-order valence-corrected chi connectivity index (χ2v) is 6.42. The van der Waals surface area contributed by atoms with Crippen molar-refractivity contribution in [2.24, 2.45) is 0 Å². The van der Waals surface area contributed by atoms with Crippen molar-refractivity contribution >= 4 is 21.8 Å². The van der Waals surface area contributed by atoms with E-state index in [1.54, 1.807) is 6.20 Å². The summed E-state index contributed by atoms with van der Waals surface area (Å²) in [6.45, 7) is 6.61. The normalized spacial score (nSPS) is 17.9. The number of hydrogen-bond acceptors (Lipinski definition) is 2. The van der Waals surface area contributed by atoms with Gasteiger partial charge in [-0.05, 0) is 48.7 Å². The van der Waals surface area contributed by atoms with Crippen LogP contribution in [0.4, 0.5) is 0 Å². The van der Waals surface area contributed by atoms with Gasteiger partial charge in [-0.25, -0.2) is 0 Å². The molecule has 0 aromatic carbocycles. The zero-order valence-electron chi connectivity index (χ0n) is 11.8. The van der Waals surface area contributed by atoms with Crippen molar-refractivity contribution in [3.63, 3.8) is 0 Å². The SMILES string of the molecule is CC(C)N1CCC(N(C)C(=O)c2cc(Br)c[nH]2)CC1. The predicted molar refractivity (Wildman–Crippen MR) is 80.3 cm³/mol. The van der Waals surface area contributed by atoms with Crippen molar-refractivity contribution in [2.45, 2.75) is 38.8 Å². The van der Waals surface area contributed by atoms with Crippen molar-refractivity contribution in [2.75, 3.05) is 20.1 Å². The van der Waals surface area contributed by atoms with Crippen molar-refractivity contribution in [1.82, 2.24) is 14.8 Å². The fraction of sp³-hybridized carbons (Fsp3) is 0.643. The lowest BCUT2D eigenvalue weighted by atomic mass is 10.0. The van der Waals surface area contributed by atoms with E-state index in [1.165, 1.54) is 0 Å². The third-order valence-corrected chi connectivity index (χ3v) is 4.43. The van der Waals surface area contributed by atoms with Crippen LogP contribution in [-0.4, -0.2) is 52.9 Å². The van der Waals surface area contributed by atoms with E-state index in [4.69, 9.17) is 0 Å². The zero-order valence-corrected chi connectivity index (χ0v) is 13.4. The number of halogens is 1. The quantitative estimate of drug-likeness (QED) is 0.927. The third kappa shape index (κ3) is 3.39. The van der Waals surface area contributed by atoms with E-state index in [0.29, 0.717) is 17.8 Å². The van der Waals surface area contributed by atoms with Crippen molar-refractivity contribution in [3.05, 3.63) is 22.4 Å². The van der Waals surface area contributed by atoms with Gasteiger partial charge in [-0.2, -0.15) is 0 Å². The molecule has 1 saturated heterocycles. The van der Waals surface area contributed by atoms with Gasteiger partial charge >= 0.3 is 0 Å². The Hall–Kier alpha value is -0.810. The van der Waals surface area contributed by atoms with Crippen LogP contribution in [-0.2, 0) is 0 Å². The van der Waals surface area contributed by atoms with Crippen LogP contribution in [0.2, 0.25) is 0 Å². The molecule has 5 heteroatoms. The van der Waals surface area contributed by atoms with Crippen LogP contribution < -0.4 is 0 Å². The van der Waals surface area contributed by atoms with Crippen LogP contribution >= 0.6 is 15.9 Å². The summed E-state index contributed by atoms with van der Waals surface area (Å²) in [5, 5.41) is 0. The third-order valence-electron chi connectivity index (χ3n) is 3.98. The number of aromatic amines is 1. The van der Waals surface area contributed by atoms with E-state index in [1.807, 2.05) is 18.0 Å². The molecule has 2 rings (SSSR count). The number of nitrogens with zero attached hydrogens (tertiary/aromatic N) is 2. The molecule has 0 aliphatic carbocycles. The first kappa shape index (κ1) is 14.6. The van der Waals surface area contributed by atoms with Gasteiger partial charge in [-0.1, -0.05) is 0 Å². The number of hydrogen-bond donors (Lipinski definition) is 1. The molecule has 1 aromatic heterocycles. The van der Waals surface area contributed by atoms with Gasteiger partial charge in [-0.3, -0.25) is 4.79 Å². The summed E-state index contributed by atoms with van der Waals surface area (Å²) in [7, 11) is 1.91. The average molecular weight is 328 g/mol. The lowest BCUT2D eigenvalue weighted by Gasteiger charge is -2.38. The number of carbonyl (C=O) groups is 1. The molecule has 0 bridgehead atoms. The van der Waals surface area contributed by atoms with E-state index in [0.717, 1.165) is 30.4 Å². The zero-order chi connectivity index (χ0) is 14.0. The van der Waals surface area contributed by atoms with Crippen LogP contribution in [0.3, 0.4) is 0 Å². The molecule has 1 aromatic rings. The molecule has 0 unspecified atom stereocenters. The molecule has 2 heterocycles. The largest absolute Gasteiger partial charge is 0.356 e. The second kappa shape index (κ2) is 6.09. The van der Waals surface area contributed by atoms with Gasteiger partial charge in [0.25, 0.3) is 5.91 Å². The van der Waals surface area contributed by atoms with Gasteiger partial charge in [0.15, 0.2) is 0 Å². The van der Waals surface area contributed by atoms with Gasteiger partial charge in [0.05, 0.1) is 0 Å². The van der Waals surface area contributed by atoms with Gasteiger partial charge in [-0.15, -0.1) is 0 Å². The maximum Gasteiger partial charge on any atom is 0.270 e. The summed E-state index contributed by atoms with van der Waals surface area (Å²) in [6, 6.07) is 2.79. The van der Waals surface area contributed by atoms with Crippen LogP contribution in [0, 0.1) is 0 Å². The Labute approximate surface area is 123 Å². The van der Waals surface area contributed by atoms with Gasteiger partial charge in [0.2, 0.25) is 0 Å². The fourth-order valence-electron chi connectivity index (χ4n) is 2.64. The molecule has 4 nitrogen and oxygen atoms in total. The number of amides is 1. The van der Waals surface area contributed by atoms with Crippen LogP contribution in [0.5, 0.6) is 0 Å². The fourth-order valence-corrected chi connectivity index (χ4v) is 2.98. The van der Waals surface area contributed by atoms with Crippen LogP contribution in [0.25, 0.3) is 0 Å². The first-order chi connectivity index (χ1) is 8.99. The Morgan fingerprint density at radius 3 is 2.58 bits per heavy atom. The second-order valence-electron chi connectivity index (χ2n) is 5.51. The standard InChI is InChI=1S/C14H22BrN3O/c1-10(2)18-6-4-12(5-7-18)17(3)14(19)13-8-11(15)9-16-13/h8-10,12,16H,4-7H2,1-3H3. The van der Waals surface area contributed by atoms with E-state index in [9.17, 15) is 4.79 Å². The lowest BCUT2D eigenvalue weighted by Crippen LogP contribution is -2.47. The summed E-state index contributed by atoms with van der Waals surface area (Å²) < 4.78 is 0.916. The highest BCUT2D eigenvalue weighted by molar-refractivity contribution is 9.10. The number of nitrogens with one attached hydrogen (secondary N) is 1. The molecule has 1 aliphatic heterocycles. The topological polar surface area (TPSA) is 39.3 Å². The van der Waals surface area contributed by atoms with E-state index >= 15 is 0 Å². The van der Waals surface area contributed by atoms with Crippen LogP contribution in [0.1, 0.15) is 37.2 Å². The number of rotatable bonds is 3. The molecule has 0 atom stereocenters. The van der Waals surface area contributed by atoms with E-state index in [2.05, 4.69) is 39.7 Å². The highest BCUT2D eigenvalue weighted by Gasteiger charge is 2.27. The van der Waals surface area contributed by atoms with E-state index < -0.39 is 0 Å². The Morgan fingerprint density at radius 1 is 1.47 bits per heavy atom. The summed E-state index contributed by atoms with van der Waals surface area (Å²) in [4.78, 5) is 19.7. The molecular formula is C14H22BrN3O. The molecule has 19 heavy (non-hydrogen) atoms. The number of aromatic nitrogens is 1. The van der Waals surface area contributed by atoms with Crippen molar-refractivity contribution in [3.8, 4) is 0 Å². The first-order valence-electron chi connectivity index (χ1n) is 6.84. The summed E-state index contributed by atoms with van der Waals surface area (Å²) >= 11 is 3.36. The summed E-state index contributed by atoms with van der Waals surface area (Å²) in [5.41, 5.74) is 0.653. The van der Waals surface area contributed by atoms with Gasteiger partial charge < -0.3 is 14.8 Å². The molecule has 0 saturated carbocycles. The average Bonchev–Trinajstić information content (AvgIpc) is 2.84. The monoisotopic (exact) mass is 327 g/mol. The van der Waals surface area contributed by atoms with Crippen LogP contribution in [0.15, 0.2) is 16.7 Å². The number of carbonyl (C=O) groups excluding carboxylic acids is 1. The molecule has 0 spiro atoms. The minimum atomic E-state index is 0.0775. The van der Waals surface area contributed by atoms with Gasteiger partial charge in [0, 0.05) is 42.9 Å². The molecule has 1 N–H and O–H groups in total. The smallest absolute Gasteiger partial charge is 0.270 e. The van der Waals surface area contributed by atoms with E-state index in [-0.39, 0.29) is 5.91 Å². The van der Waals surface area contributed by atoms with Crippen molar-refractivity contribution in [1.29, 1.82) is 0 Å². The summed E-state index contributed by atoms with van der Waals surface area (Å²) in [6.07, 6.45) is 3.91. The number of H-pyrrole nitrogens is 1. The Balaban J connectivity index is 1.94. The lowest BCUT2D eigenvalue weighted by molar-refractivity contribution is 0.0610. The first-order valence-corrected chi connectivity index (χ1v) is 7.63. The molecule has 1 amide bonds.